The average Bonchev–Trinajstić information content (AvgIpc) is 3.19. The molecule has 2 N–H and O–H groups in total. The van der Waals surface area contributed by atoms with Crippen LogP contribution in [-0.4, -0.2) is 29.3 Å². The van der Waals surface area contributed by atoms with Crippen LogP contribution in [0.4, 0.5) is 10.5 Å². The van der Waals surface area contributed by atoms with Crippen LogP contribution in [0.15, 0.2) is 47.9 Å². The first-order valence-corrected chi connectivity index (χ1v) is 8.19. The normalized spacial score (nSPS) is 14.2. The monoisotopic (exact) mass is 341 g/mol. The molecule has 0 unspecified atom stereocenters. The molecule has 6 nitrogen and oxygen atoms in total. The summed E-state index contributed by atoms with van der Waals surface area (Å²) in [5.41, 5.74) is 1.38. The van der Waals surface area contributed by atoms with Gasteiger partial charge in [0.2, 0.25) is 11.8 Å². The first-order valence-electron chi connectivity index (χ1n) is 7.31. The zero-order valence-electron chi connectivity index (χ0n) is 12.7. The van der Waals surface area contributed by atoms with Gasteiger partial charge in [-0.15, -0.1) is 11.3 Å². The Bertz CT molecular complexity index is 783. The Morgan fingerprint density at radius 2 is 2.17 bits per heavy atom. The number of nitrogens with zero attached hydrogens (tertiary/aromatic N) is 1. The van der Waals surface area contributed by atoms with Crippen molar-refractivity contribution in [3.05, 3.63) is 58.3 Å². The van der Waals surface area contributed by atoms with E-state index in [0.717, 1.165) is 15.3 Å². The number of hydrogen-bond acceptors (Lipinski definition) is 4. The zero-order chi connectivity index (χ0) is 16.9. The molecule has 0 atom stereocenters. The third-order valence-corrected chi connectivity index (χ3v) is 4.25. The van der Waals surface area contributed by atoms with E-state index >= 15 is 0 Å². The predicted molar refractivity (Wildman–Crippen MR) is 92.4 cm³/mol. The molecule has 0 bridgehead atoms. The largest absolute Gasteiger partial charge is 0.329 e. The Morgan fingerprint density at radius 3 is 2.88 bits per heavy atom. The number of carbonyl (C=O) groups excluding carboxylic acids is 3. The van der Waals surface area contributed by atoms with Gasteiger partial charge in [-0.3, -0.25) is 14.5 Å². The van der Waals surface area contributed by atoms with E-state index in [1.807, 2.05) is 17.5 Å². The summed E-state index contributed by atoms with van der Waals surface area (Å²) in [6.07, 6.45) is 3.22. The van der Waals surface area contributed by atoms with Crippen LogP contribution in [0, 0.1) is 0 Å². The van der Waals surface area contributed by atoms with Gasteiger partial charge in [-0.05, 0) is 35.2 Å². The lowest BCUT2D eigenvalue weighted by atomic mass is 10.2. The van der Waals surface area contributed by atoms with E-state index in [9.17, 15) is 14.4 Å². The van der Waals surface area contributed by atoms with Gasteiger partial charge in [0.15, 0.2) is 0 Å². The highest BCUT2D eigenvalue weighted by Crippen LogP contribution is 2.15. The quantitative estimate of drug-likeness (QED) is 0.648. The van der Waals surface area contributed by atoms with Crippen molar-refractivity contribution in [2.75, 3.05) is 11.9 Å². The topological polar surface area (TPSA) is 78.5 Å². The first-order chi connectivity index (χ1) is 11.6. The maximum Gasteiger partial charge on any atom is 0.324 e. The standard InChI is InChI=1S/C17H15N3O3S/c21-15(7-6-14-5-2-8-24-14)19-13-4-1-3-12(9-13)11-20-16(22)10-18-17(20)23/h1-9H,10-11H2,(H,18,23)(H,19,21)/b7-6+. The van der Waals surface area contributed by atoms with E-state index in [4.69, 9.17) is 0 Å². The number of rotatable bonds is 5. The Hall–Kier alpha value is -2.93. The Labute approximate surface area is 142 Å². The van der Waals surface area contributed by atoms with Gasteiger partial charge in [0.25, 0.3) is 0 Å². The van der Waals surface area contributed by atoms with Gasteiger partial charge in [-0.2, -0.15) is 0 Å². The van der Waals surface area contributed by atoms with Crippen molar-refractivity contribution in [3.8, 4) is 0 Å². The van der Waals surface area contributed by atoms with Crippen LogP contribution in [0.2, 0.25) is 0 Å². The van der Waals surface area contributed by atoms with Crippen molar-refractivity contribution in [2.24, 2.45) is 0 Å². The molecule has 2 heterocycles. The van der Waals surface area contributed by atoms with Crippen molar-refractivity contribution in [1.29, 1.82) is 0 Å². The van der Waals surface area contributed by atoms with Crippen molar-refractivity contribution >= 4 is 40.9 Å². The van der Waals surface area contributed by atoms with E-state index in [2.05, 4.69) is 10.6 Å². The van der Waals surface area contributed by atoms with Crippen LogP contribution in [0.5, 0.6) is 0 Å². The third-order valence-electron chi connectivity index (χ3n) is 3.41. The van der Waals surface area contributed by atoms with E-state index in [-0.39, 0.29) is 24.9 Å². The molecule has 7 heteroatoms. The zero-order valence-corrected chi connectivity index (χ0v) is 13.5. The fraction of sp³-hybridized carbons (Fsp3) is 0.118. The maximum absolute atomic E-state index is 11.9. The molecule has 0 radical (unpaired) electrons. The summed E-state index contributed by atoms with van der Waals surface area (Å²) in [6, 6.07) is 10.5. The lowest BCUT2D eigenvalue weighted by Crippen LogP contribution is -2.30. The summed E-state index contributed by atoms with van der Waals surface area (Å²) in [5.74, 6) is -0.496. The molecule has 1 aromatic carbocycles. The molecular weight excluding hydrogens is 326 g/mol. The number of nitrogens with one attached hydrogen (secondary N) is 2. The fourth-order valence-corrected chi connectivity index (χ4v) is 2.89. The fourth-order valence-electron chi connectivity index (χ4n) is 2.27. The number of amides is 4. The number of imide groups is 1. The van der Waals surface area contributed by atoms with Crippen molar-refractivity contribution in [3.63, 3.8) is 0 Å². The molecule has 1 saturated heterocycles. The highest BCUT2D eigenvalue weighted by atomic mass is 32.1. The molecule has 1 fully saturated rings. The van der Waals surface area contributed by atoms with Crippen molar-refractivity contribution in [2.45, 2.75) is 6.54 Å². The first kappa shape index (κ1) is 15.9. The summed E-state index contributed by atoms with van der Waals surface area (Å²) < 4.78 is 0. The molecule has 3 rings (SSSR count). The predicted octanol–water partition coefficient (Wildman–Crippen LogP) is 2.45. The van der Waals surface area contributed by atoms with Gasteiger partial charge in [-0.1, -0.05) is 18.2 Å². The molecule has 0 aliphatic carbocycles. The second-order valence-electron chi connectivity index (χ2n) is 5.18. The summed E-state index contributed by atoms with van der Waals surface area (Å²) >= 11 is 1.55. The number of thiophene rings is 1. The molecule has 122 valence electrons. The minimum Gasteiger partial charge on any atom is -0.329 e. The summed E-state index contributed by atoms with van der Waals surface area (Å²) in [6.45, 7) is 0.211. The minimum absolute atomic E-state index is 0.0305. The average molecular weight is 341 g/mol. The van der Waals surface area contributed by atoms with Gasteiger partial charge in [0.05, 0.1) is 13.1 Å². The van der Waals surface area contributed by atoms with Gasteiger partial charge < -0.3 is 10.6 Å². The SMILES string of the molecule is O=C(/C=C/c1cccs1)Nc1cccc(CN2C(=O)CNC2=O)c1. The Kier molecular flexibility index (Phi) is 4.72. The number of anilines is 1. The maximum atomic E-state index is 11.9. The van der Waals surface area contributed by atoms with Crippen LogP contribution in [-0.2, 0) is 16.1 Å². The third kappa shape index (κ3) is 3.88. The number of benzene rings is 1. The second kappa shape index (κ2) is 7.10. The Morgan fingerprint density at radius 1 is 1.29 bits per heavy atom. The van der Waals surface area contributed by atoms with Crippen LogP contribution in [0.3, 0.4) is 0 Å². The molecule has 1 aromatic heterocycles. The number of hydrogen-bond donors (Lipinski definition) is 2. The molecule has 24 heavy (non-hydrogen) atoms. The van der Waals surface area contributed by atoms with Crippen LogP contribution in [0.25, 0.3) is 6.08 Å². The van der Waals surface area contributed by atoms with E-state index < -0.39 is 6.03 Å². The number of carbonyl (C=O) groups is 3. The van der Waals surface area contributed by atoms with E-state index in [0.29, 0.717) is 5.69 Å². The minimum atomic E-state index is -0.395. The van der Waals surface area contributed by atoms with Crippen molar-refractivity contribution < 1.29 is 14.4 Å². The smallest absolute Gasteiger partial charge is 0.324 e. The molecule has 0 saturated carbocycles. The van der Waals surface area contributed by atoms with Gasteiger partial charge in [-0.25, -0.2) is 4.79 Å². The summed E-state index contributed by atoms with van der Waals surface area (Å²) in [5, 5.41) is 7.18. The van der Waals surface area contributed by atoms with Crippen LogP contribution < -0.4 is 10.6 Å². The molecule has 1 aliphatic rings. The van der Waals surface area contributed by atoms with E-state index in [1.54, 1.807) is 41.7 Å². The number of urea groups is 1. The van der Waals surface area contributed by atoms with Gasteiger partial charge in [0, 0.05) is 16.6 Å². The van der Waals surface area contributed by atoms with Gasteiger partial charge in [0.1, 0.15) is 0 Å². The molecule has 1 aliphatic heterocycles. The van der Waals surface area contributed by atoms with Crippen LogP contribution in [0.1, 0.15) is 10.4 Å². The summed E-state index contributed by atoms with van der Waals surface area (Å²) in [4.78, 5) is 37.3. The lowest BCUT2D eigenvalue weighted by molar-refractivity contribution is -0.125. The van der Waals surface area contributed by atoms with Crippen molar-refractivity contribution in [1.82, 2.24) is 10.2 Å². The molecular formula is C17H15N3O3S. The Balaban J connectivity index is 1.63. The highest BCUT2D eigenvalue weighted by Gasteiger charge is 2.28. The second-order valence-corrected chi connectivity index (χ2v) is 6.16. The highest BCUT2D eigenvalue weighted by molar-refractivity contribution is 7.10. The van der Waals surface area contributed by atoms with Gasteiger partial charge >= 0.3 is 6.03 Å². The molecule has 4 amide bonds. The van der Waals surface area contributed by atoms with Crippen LogP contribution >= 0.6 is 11.3 Å². The summed E-state index contributed by atoms with van der Waals surface area (Å²) in [7, 11) is 0. The lowest BCUT2D eigenvalue weighted by Gasteiger charge is -2.13. The van der Waals surface area contributed by atoms with E-state index in [1.165, 1.54) is 6.08 Å². The molecule has 0 spiro atoms. The molecule has 2 aromatic rings.